The molecule has 31 heavy (non-hydrogen) atoms. The van der Waals surface area contributed by atoms with Gasteiger partial charge in [-0.1, -0.05) is 18.2 Å². The molecule has 10 nitrogen and oxygen atoms in total. The molecule has 2 aromatic carbocycles. The first-order valence-electron chi connectivity index (χ1n) is 9.01. The zero-order chi connectivity index (χ0) is 22.1. The van der Waals surface area contributed by atoms with E-state index in [9.17, 15) is 24.1 Å². The summed E-state index contributed by atoms with van der Waals surface area (Å²) in [5.41, 5.74) is 5.39. The van der Waals surface area contributed by atoms with Gasteiger partial charge in [-0.2, -0.15) is 0 Å². The van der Waals surface area contributed by atoms with Crippen LogP contribution in [0.2, 0.25) is 0 Å². The highest BCUT2D eigenvalue weighted by Gasteiger charge is 2.22. The van der Waals surface area contributed by atoms with Gasteiger partial charge >= 0.3 is 5.69 Å². The summed E-state index contributed by atoms with van der Waals surface area (Å²) in [4.78, 5) is 35.1. The van der Waals surface area contributed by atoms with Crippen molar-refractivity contribution in [2.75, 3.05) is 11.1 Å². The number of hydrogen-bond acceptors (Lipinski definition) is 6. The molecule has 0 fully saturated rings. The van der Waals surface area contributed by atoms with Gasteiger partial charge in [0.15, 0.2) is 5.65 Å². The molecule has 0 atom stereocenters. The second kappa shape index (κ2) is 7.71. The number of carbonyl (C=O) groups excluding carboxylic acids is 1. The number of hydrogen-bond donors (Lipinski definition) is 2. The van der Waals surface area contributed by atoms with Crippen molar-refractivity contribution in [1.82, 2.24) is 14.2 Å². The number of amides is 1. The second-order valence-corrected chi connectivity index (χ2v) is 6.67. The fraction of sp³-hybridized carbons (Fsp3) is 0.0500. The van der Waals surface area contributed by atoms with Gasteiger partial charge in [0.1, 0.15) is 11.5 Å². The molecule has 0 bridgehead atoms. The number of nitrogens with zero attached hydrogens (tertiary/aromatic N) is 4. The van der Waals surface area contributed by atoms with Gasteiger partial charge in [-0.15, -0.1) is 5.10 Å². The van der Waals surface area contributed by atoms with Crippen molar-refractivity contribution >= 4 is 28.6 Å². The third-order valence-corrected chi connectivity index (χ3v) is 4.57. The normalized spacial score (nSPS) is 10.9. The number of carbonyl (C=O) groups is 1. The zero-order valence-corrected chi connectivity index (χ0v) is 15.9. The Morgan fingerprint density at radius 2 is 2.00 bits per heavy atom. The SMILES string of the molecule is Nc1c(C(=O)Nc2cccc(Cn3nc4ccccn4c3=O)c2)cc(F)cc1[N+](=O)[O-]. The molecule has 0 unspecified atom stereocenters. The Morgan fingerprint density at radius 1 is 1.19 bits per heavy atom. The van der Waals surface area contributed by atoms with Gasteiger partial charge in [0.2, 0.25) is 0 Å². The van der Waals surface area contributed by atoms with Gasteiger partial charge in [-0.05, 0) is 35.9 Å². The van der Waals surface area contributed by atoms with E-state index in [1.54, 1.807) is 48.7 Å². The summed E-state index contributed by atoms with van der Waals surface area (Å²) in [6.07, 6.45) is 1.61. The van der Waals surface area contributed by atoms with E-state index in [1.165, 1.54) is 9.08 Å². The number of anilines is 2. The predicted octanol–water partition coefficient (Wildman–Crippen LogP) is 2.43. The Morgan fingerprint density at radius 3 is 2.74 bits per heavy atom. The highest BCUT2D eigenvalue weighted by atomic mass is 19.1. The van der Waals surface area contributed by atoms with Gasteiger partial charge in [-0.25, -0.2) is 13.9 Å². The highest BCUT2D eigenvalue weighted by molar-refractivity contribution is 6.08. The Kier molecular flexibility index (Phi) is 4.91. The van der Waals surface area contributed by atoms with Crippen molar-refractivity contribution in [3.05, 3.63) is 98.3 Å². The van der Waals surface area contributed by atoms with E-state index in [0.29, 0.717) is 23.0 Å². The number of pyridine rings is 1. The van der Waals surface area contributed by atoms with Crippen molar-refractivity contribution in [3.8, 4) is 0 Å². The first-order valence-corrected chi connectivity index (χ1v) is 9.01. The number of nitrogens with one attached hydrogen (secondary N) is 1. The highest BCUT2D eigenvalue weighted by Crippen LogP contribution is 2.27. The van der Waals surface area contributed by atoms with E-state index in [0.717, 1.165) is 6.07 Å². The maximum Gasteiger partial charge on any atom is 0.350 e. The molecule has 0 spiro atoms. The number of nitro benzene ring substituents is 1. The molecular weight excluding hydrogens is 407 g/mol. The largest absolute Gasteiger partial charge is 0.393 e. The number of nitrogens with two attached hydrogens (primary N) is 1. The van der Waals surface area contributed by atoms with Crippen molar-refractivity contribution in [1.29, 1.82) is 0 Å². The lowest BCUT2D eigenvalue weighted by Gasteiger charge is -2.09. The summed E-state index contributed by atoms with van der Waals surface area (Å²) in [7, 11) is 0. The van der Waals surface area contributed by atoms with E-state index in [1.807, 2.05) is 0 Å². The maximum atomic E-state index is 13.7. The van der Waals surface area contributed by atoms with Crippen LogP contribution < -0.4 is 16.7 Å². The van der Waals surface area contributed by atoms with Crippen LogP contribution in [0.25, 0.3) is 5.65 Å². The van der Waals surface area contributed by atoms with Gasteiger partial charge in [-0.3, -0.25) is 19.3 Å². The van der Waals surface area contributed by atoms with E-state index in [-0.39, 0.29) is 17.8 Å². The van der Waals surface area contributed by atoms with Gasteiger partial charge in [0, 0.05) is 11.9 Å². The van der Waals surface area contributed by atoms with E-state index in [4.69, 9.17) is 5.73 Å². The third-order valence-electron chi connectivity index (χ3n) is 4.57. The van der Waals surface area contributed by atoms with Crippen molar-refractivity contribution in [2.45, 2.75) is 6.54 Å². The van der Waals surface area contributed by atoms with Crippen molar-refractivity contribution < 1.29 is 14.1 Å². The Labute approximate surface area is 173 Å². The summed E-state index contributed by atoms with van der Waals surface area (Å²) in [6, 6.07) is 13.3. The molecule has 4 aromatic rings. The minimum absolute atomic E-state index is 0.151. The predicted molar refractivity (Wildman–Crippen MR) is 110 cm³/mol. The van der Waals surface area contributed by atoms with E-state index < -0.39 is 28.0 Å². The molecule has 1 amide bonds. The van der Waals surface area contributed by atoms with Crippen LogP contribution in [0.5, 0.6) is 0 Å². The molecule has 156 valence electrons. The lowest BCUT2D eigenvalue weighted by atomic mass is 10.1. The van der Waals surface area contributed by atoms with Crippen LogP contribution in [-0.2, 0) is 6.54 Å². The fourth-order valence-corrected chi connectivity index (χ4v) is 3.13. The van der Waals surface area contributed by atoms with Gasteiger partial charge in [0.05, 0.1) is 23.1 Å². The lowest BCUT2D eigenvalue weighted by Crippen LogP contribution is -2.21. The molecule has 2 heterocycles. The molecule has 11 heteroatoms. The Bertz CT molecular complexity index is 1390. The van der Waals surface area contributed by atoms with Crippen LogP contribution >= 0.6 is 0 Å². The lowest BCUT2D eigenvalue weighted by molar-refractivity contribution is -0.384. The summed E-state index contributed by atoms with van der Waals surface area (Å²) in [5, 5.41) is 17.8. The molecular formula is C20H15FN6O4. The molecule has 2 aromatic heterocycles. The van der Waals surface area contributed by atoms with Crippen LogP contribution in [0.1, 0.15) is 15.9 Å². The fourth-order valence-electron chi connectivity index (χ4n) is 3.13. The minimum atomic E-state index is -0.953. The topological polar surface area (TPSA) is 138 Å². The molecule has 0 aliphatic carbocycles. The number of fused-ring (bicyclic) bond motifs is 1. The smallest absolute Gasteiger partial charge is 0.350 e. The Balaban J connectivity index is 1.59. The number of rotatable bonds is 5. The van der Waals surface area contributed by atoms with Gasteiger partial charge < -0.3 is 11.1 Å². The number of halogens is 1. The summed E-state index contributed by atoms with van der Waals surface area (Å²) < 4.78 is 16.4. The zero-order valence-electron chi connectivity index (χ0n) is 15.9. The number of benzene rings is 2. The van der Waals surface area contributed by atoms with Crippen LogP contribution in [0.4, 0.5) is 21.5 Å². The van der Waals surface area contributed by atoms with Crippen LogP contribution in [0.3, 0.4) is 0 Å². The monoisotopic (exact) mass is 422 g/mol. The molecule has 3 N–H and O–H groups in total. The third kappa shape index (κ3) is 3.83. The molecule has 4 rings (SSSR count). The van der Waals surface area contributed by atoms with E-state index in [2.05, 4.69) is 10.4 Å². The number of nitrogen functional groups attached to an aromatic ring is 1. The van der Waals surface area contributed by atoms with E-state index >= 15 is 0 Å². The number of nitro groups is 1. The summed E-state index contributed by atoms with van der Waals surface area (Å²) in [5.74, 6) is -1.76. The number of aromatic nitrogens is 3. The van der Waals surface area contributed by atoms with Crippen LogP contribution in [0, 0.1) is 15.9 Å². The Hall–Kier alpha value is -4.54. The standard InChI is InChI=1S/C20H15FN6O4/c21-13-9-15(18(22)16(10-13)27(30)31)19(28)23-14-5-3-4-12(8-14)11-26-20(29)25-7-2-1-6-17(25)24-26/h1-10H,11,22H2,(H,23,28). The summed E-state index contributed by atoms with van der Waals surface area (Å²) >= 11 is 0. The quantitative estimate of drug-likeness (QED) is 0.288. The second-order valence-electron chi connectivity index (χ2n) is 6.67. The van der Waals surface area contributed by atoms with Gasteiger partial charge in [0.25, 0.3) is 11.6 Å². The molecule has 0 aliphatic heterocycles. The molecule has 0 saturated heterocycles. The first-order chi connectivity index (χ1) is 14.8. The van der Waals surface area contributed by atoms with Crippen molar-refractivity contribution in [3.63, 3.8) is 0 Å². The van der Waals surface area contributed by atoms with Crippen LogP contribution in [-0.4, -0.2) is 25.0 Å². The molecule has 0 saturated carbocycles. The first kappa shape index (κ1) is 19.8. The maximum absolute atomic E-state index is 13.7. The average molecular weight is 422 g/mol. The molecule has 0 aliphatic rings. The molecule has 0 radical (unpaired) electrons. The van der Waals surface area contributed by atoms with Crippen molar-refractivity contribution in [2.24, 2.45) is 0 Å². The van der Waals surface area contributed by atoms with Crippen LogP contribution in [0.15, 0.2) is 65.6 Å². The average Bonchev–Trinajstić information content (AvgIpc) is 3.05. The summed E-state index contributed by atoms with van der Waals surface area (Å²) in [6.45, 7) is 0.151. The minimum Gasteiger partial charge on any atom is -0.393 e.